The van der Waals surface area contributed by atoms with Gasteiger partial charge in [0.15, 0.2) is 0 Å². The number of nitrogens with two attached hydrogens (primary N) is 1. The highest BCUT2D eigenvalue weighted by molar-refractivity contribution is 8.03. The van der Waals surface area contributed by atoms with Gasteiger partial charge < -0.3 is 10.5 Å². The average molecular weight is 367 g/mol. The van der Waals surface area contributed by atoms with Gasteiger partial charge in [-0.1, -0.05) is 54.2 Å². The van der Waals surface area contributed by atoms with E-state index in [0.717, 1.165) is 5.56 Å². The fraction of sp³-hybridized carbons (Fsp3) is 0.211. The maximum atomic E-state index is 12.0. The lowest BCUT2D eigenvalue weighted by Gasteiger charge is -2.32. The number of hydrogen-bond donors (Lipinski definition) is 1. The fourth-order valence-electron chi connectivity index (χ4n) is 3.23. The lowest BCUT2D eigenvalue weighted by molar-refractivity contribution is -0.525. The van der Waals surface area contributed by atoms with Crippen molar-refractivity contribution in [3.05, 3.63) is 86.4 Å². The summed E-state index contributed by atoms with van der Waals surface area (Å²) in [5.74, 6) is -0.161. The zero-order chi connectivity index (χ0) is 18.7. The van der Waals surface area contributed by atoms with Gasteiger partial charge in [0.25, 0.3) is 0 Å². The molecule has 6 nitrogen and oxygen atoms in total. The van der Waals surface area contributed by atoms with E-state index >= 15 is 0 Å². The molecule has 1 aliphatic heterocycles. The van der Waals surface area contributed by atoms with Crippen LogP contribution in [0.1, 0.15) is 22.3 Å². The molecule has 0 aromatic heterocycles. The molecule has 3 rings (SSSR count). The Morgan fingerprint density at radius 2 is 1.88 bits per heavy atom. The minimum absolute atomic E-state index is 0.233. The number of methoxy groups -OCH3 is 1. The van der Waals surface area contributed by atoms with E-state index < -0.39 is 17.2 Å². The van der Waals surface area contributed by atoms with E-state index in [9.17, 15) is 15.4 Å². The number of rotatable bonds is 4. The maximum absolute atomic E-state index is 12.0. The number of thioether (sulfide) groups is 1. The third-order valence-electron chi connectivity index (χ3n) is 4.43. The van der Waals surface area contributed by atoms with Crippen LogP contribution in [0.5, 0.6) is 5.75 Å². The molecule has 2 aromatic carbocycles. The molecule has 1 aliphatic rings. The first kappa shape index (κ1) is 17.8. The van der Waals surface area contributed by atoms with Crippen molar-refractivity contribution in [3.8, 4) is 11.8 Å². The van der Waals surface area contributed by atoms with E-state index in [2.05, 4.69) is 6.07 Å². The topological polar surface area (TPSA) is 102 Å². The molecular formula is C19H17N3O3S. The Balaban J connectivity index is 2.18. The van der Waals surface area contributed by atoms with E-state index in [1.54, 1.807) is 24.3 Å². The highest BCUT2D eigenvalue weighted by Crippen LogP contribution is 2.50. The number of benzene rings is 2. The Kier molecular flexibility index (Phi) is 5.14. The van der Waals surface area contributed by atoms with Gasteiger partial charge in [0.05, 0.1) is 29.7 Å². The summed E-state index contributed by atoms with van der Waals surface area (Å²) in [6, 6.07) is 17.3. The molecule has 0 amide bonds. The van der Waals surface area contributed by atoms with E-state index in [1.165, 1.54) is 18.9 Å². The summed E-state index contributed by atoms with van der Waals surface area (Å²) >= 11 is 1.18. The van der Waals surface area contributed by atoms with Gasteiger partial charge in [-0.3, -0.25) is 10.1 Å². The minimum atomic E-state index is -1.02. The molecule has 0 spiro atoms. The van der Waals surface area contributed by atoms with Gasteiger partial charge >= 0.3 is 0 Å². The van der Waals surface area contributed by atoms with Gasteiger partial charge in [0.2, 0.25) is 6.04 Å². The average Bonchev–Trinajstić information content (AvgIpc) is 2.67. The Morgan fingerprint density at radius 3 is 2.50 bits per heavy atom. The number of nitrogens with zero attached hydrogens (tertiary/aromatic N) is 2. The van der Waals surface area contributed by atoms with Crippen molar-refractivity contribution in [3.63, 3.8) is 0 Å². The standard InChI is InChI=1S/C19H17N3O3S/c1-25-14-9-5-8-13(10-14)16-15(11-20)19(21)26-18(17(16)22(23)24)12-6-3-2-4-7-12/h2-10,16-18H,21H2,1H3/t16-,17+,18+/m1/s1. The molecule has 0 saturated carbocycles. The second-order valence-corrected chi connectivity index (χ2v) is 7.05. The van der Waals surface area contributed by atoms with Crippen LogP contribution in [0.25, 0.3) is 0 Å². The summed E-state index contributed by atoms with van der Waals surface area (Å²) < 4.78 is 5.24. The molecule has 132 valence electrons. The molecule has 2 N–H and O–H groups in total. The lowest BCUT2D eigenvalue weighted by Crippen LogP contribution is -2.37. The van der Waals surface area contributed by atoms with Crippen LogP contribution in [-0.4, -0.2) is 18.1 Å². The molecule has 0 saturated heterocycles. The molecule has 0 aliphatic carbocycles. The predicted octanol–water partition coefficient (Wildman–Crippen LogP) is 3.61. The smallest absolute Gasteiger partial charge is 0.240 e. The van der Waals surface area contributed by atoms with Crippen LogP contribution in [0.4, 0.5) is 0 Å². The fourth-order valence-corrected chi connectivity index (χ4v) is 4.49. The zero-order valence-electron chi connectivity index (χ0n) is 14.0. The van der Waals surface area contributed by atoms with Gasteiger partial charge in [-0.05, 0) is 23.3 Å². The third kappa shape index (κ3) is 3.24. The number of ether oxygens (including phenoxy) is 1. The minimum Gasteiger partial charge on any atom is -0.497 e. The summed E-state index contributed by atoms with van der Waals surface area (Å²) in [5, 5.41) is 21.5. The Morgan fingerprint density at radius 1 is 1.19 bits per heavy atom. The number of nitriles is 1. The van der Waals surface area contributed by atoms with Crippen LogP contribution in [-0.2, 0) is 0 Å². The largest absolute Gasteiger partial charge is 0.497 e. The Hall–Kier alpha value is -2.98. The Labute approximate surface area is 155 Å². The first-order valence-electron chi connectivity index (χ1n) is 7.95. The van der Waals surface area contributed by atoms with Gasteiger partial charge in [0, 0.05) is 4.92 Å². The quantitative estimate of drug-likeness (QED) is 0.654. The van der Waals surface area contributed by atoms with Crippen molar-refractivity contribution in [2.24, 2.45) is 5.73 Å². The van der Waals surface area contributed by atoms with E-state index in [0.29, 0.717) is 16.3 Å². The molecule has 0 radical (unpaired) electrons. The molecule has 0 unspecified atom stereocenters. The van der Waals surface area contributed by atoms with Gasteiger partial charge in [-0.15, -0.1) is 0 Å². The third-order valence-corrected chi connectivity index (χ3v) is 5.71. The first-order chi connectivity index (χ1) is 12.6. The molecule has 0 bridgehead atoms. The normalized spacial score (nSPS) is 22.5. The van der Waals surface area contributed by atoms with Crippen molar-refractivity contribution >= 4 is 11.8 Å². The highest BCUT2D eigenvalue weighted by Gasteiger charge is 2.48. The van der Waals surface area contributed by atoms with Crippen LogP contribution in [0.15, 0.2) is 65.2 Å². The Bertz CT molecular complexity index is 892. The summed E-state index contributed by atoms with van der Waals surface area (Å²) in [6.45, 7) is 0. The first-order valence-corrected chi connectivity index (χ1v) is 8.83. The summed E-state index contributed by atoms with van der Waals surface area (Å²) in [4.78, 5) is 11.7. The summed E-state index contributed by atoms with van der Waals surface area (Å²) in [6.07, 6.45) is 0. The summed E-state index contributed by atoms with van der Waals surface area (Å²) in [5.41, 5.74) is 7.83. The van der Waals surface area contributed by atoms with Crippen molar-refractivity contribution < 1.29 is 9.66 Å². The van der Waals surface area contributed by atoms with Crippen LogP contribution in [0.2, 0.25) is 0 Å². The molecule has 3 atom stereocenters. The molecule has 7 heteroatoms. The van der Waals surface area contributed by atoms with Crippen molar-refractivity contribution in [1.29, 1.82) is 5.26 Å². The van der Waals surface area contributed by atoms with E-state index in [1.807, 2.05) is 30.3 Å². The molecule has 2 aromatic rings. The van der Waals surface area contributed by atoms with Crippen molar-refractivity contribution in [2.45, 2.75) is 17.2 Å². The monoisotopic (exact) mass is 367 g/mol. The van der Waals surface area contributed by atoms with E-state index in [-0.39, 0.29) is 10.5 Å². The molecular weight excluding hydrogens is 350 g/mol. The van der Waals surface area contributed by atoms with Crippen molar-refractivity contribution in [1.82, 2.24) is 0 Å². The summed E-state index contributed by atoms with van der Waals surface area (Å²) in [7, 11) is 1.53. The van der Waals surface area contributed by atoms with Crippen LogP contribution in [0.3, 0.4) is 0 Å². The lowest BCUT2D eigenvalue weighted by atomic mass is 9.82. The zero-order valence-corrected chi connectivity index (χ0v) is 14.8. The van der Waals surface area contributed by atoms with Gasteiger partial charge in [-0.25, -0.2) is 0 Å². The maximum Gasteiger partial charge on any atom is 0.240 e. The van der Waals surface area contributed by atoms with Crippen LogP contribution >= 0.6 is 11.8 Å². The molecule has 26 heavy (non-hydrogen) atoms. The van der Waals surface area contributed by atoms with E-state index in [4.69, 9.17) is 10.5 Å². The molecule has 0 fully saturated rings. The number of nitro groups is 1. The SMILES string of the molecule is COc1cccc([C@@H]2C(C#N)=C(N)S[C@@H](c3ccccc3)[C@H]2[N+](=O)[O-])c1. The predicted molar refractivity (Wildman–Crippen MR) is 100 cm³/mol. The molecule has 1 heterocycles. The highest BCUT2D eigenvalue weighted by atomic mass is 32.2. The van der Waals surface area contributed by atoms with Crippen LogP contribution < -0.4 is 10.5 Å². The van der Waals surface area contributed by atoms with Crippen LogP contribution in [0, 0.1) is 21.4 Å². The second kappa shape index (κ2) is 7.50. The number of hydrogen-bond acceptors (Lipinski definition) is 6. The van der Waals surface area contributed by atoms with Gasteiger partial charge in [0.1, 0.15) is 11.0 Å². The second-order valence-electron chi connectivity index (χ2n) is 5.87. The van der Waals surface area contributed by atoms with Crippen molar-refractivity contribution in [2.75, 3.05) is 7.11 Å². The van der Waals surface area contributed by atoms with Gasteiger partial charge in [-0.2, -0.15) is 5.26 Å².